The van der Waals surface area contributed by atoms with Crippen LogP contribution in [0.3, 0.4) is 0 Å². The first-order chi connectivity index (χ1) is 6.25. The van der Waals surface area contributed by atoms with Crippen molar-refractivity contribution in [2.75, 3.05) is 21.1 Å². The van der Waals surface area contributed by atoms with Crippen LogP contribution in [-0.2, 0) is 0 Å². The number of allylic oxidation sites excluding steroid dienone is 1. The first-order valence-corrected chi connectivity index (χ1v) is 5.01. The van der Waals surface area contributed by atoms with Gasteiger partial charge in [-0.15, -0.1) is 0 Å². The number of rotatable bonds is 4. The van der Waals surface area contributed by atoms with E-state index in [4.69, 9.17) is 0 Å². The second-order valence-electron chi connectivity index (χ2n) is 3.52. The molecule has 0 aromatic carbocycles. The summed E-state index contributed by atoms with van der Waals surface area (Å²) in [5.74, 6) is 0.643. The van der Waals surface area contributed by atoms with Gasteiger partial charge in [-0.05, 0) is 32.9 Å². The van der Waals surface area contributed by atoms with Crippen molar-refractivity contribution in [3.63, 3.8) is 0 Å². The van der Waals surface area contributed by atoms with Gasteiger partial charge in [-0.1, -0.05) is 13.0 Å². The van der Waals surface area contributed by atoms with Crippen LogP contribution in [0.25, 0.3) is 0 Å². The van der Waals surface area contributed by atoms with E-state index < -0.39 is 0 Å². The maximum absolute atomic E-state index is 3.39. The van der Waals surface area contributed by atoms with Crippen LogP contribution in [0.15, 0.2) is 11.8 Å². The van der Waals surface area contributed by atoms with E-state index in [1.807, 2.05) is 21.1 Å². The molecule has 1 rings (SSSR count). The largest absolute Gasteiger partial charge is 0.389 e. The van der Waals surface area contributed by atoms with E-state index >= 15 is 0 Å². The lowest BCUT2D eigenvalue weighted by Crippen LogP contribution is -2.60. The summed E-state index contributed by atoms with van der Waals surface area (Å²) in [6.45, 7) is 2.24. The standard InChI is InChI=1S/C10H21N3/c1-5-8-6-7-9(11-2)10(8,12-3)13-4/h7-8,11-13H,5-6H2,1-4H3. The molecule has 1 atom stereocenters. The summed E-state index contributed by atoms with van der Waals surface area (Å²) >= 11 is 0. The number of hydrogen-bond donors (Lipinski definition) is 3. The first kappa shape index (κ1) is 10.5. The van der Waals surface area contributed by atoms with E-state index in [1.165, 1.54) is 12.1 Å². The van der Waals surface area contributed by atoms with Crippen molar-refractivity contribution >= 4 is 0 Å². The molecule has 0 aromatic rings. The maximum Gasteiger partial charge on any atom is 0.112 e. The predicted octanol–water partition coefficient (Wildman–Crippen LogP) is 0.655. The SMILES string of the molecule is CCC1CC=C(NC)C1(NC)NC. The van der Waals surface area contributed by atoms with Gasteiger partial charge in [0, 0.05) is 12.7 Å². The molecule has 0 aliphatic heterocycles. The Morgan fingerprint density at radius 1 is 1.38 bits per heavy atom. The molecule has 0 heterocycles. The molecule has 0 aromatic heterocycles. The summed E-state index contributed by atoms with van der Waals surface area (Å²) in [6.07, 6.45) is 4.61. The highest BCUT2D eigenvalue weighted by molar-refractivity contribution is 5.25. The summed E-state index contributed by atoms with van der Waals surface area (Å²) in [5, 5.41) is 10.0. The highest BCUT2D eigenvalue weighted by atomic mass is 15.2. The molecule has 76 valence electrons. The Labute approximate surface area is 81.0 Å². The van der Waals surface area contributed by atoms with Crippen LogP contribution >= 0.6 is 0 Å². The highest BCUT2D eigenvalue weighted by Crippen LogP contribution is 2.33. The summed E-state index contributed by atoms with van der Waals surface area (Å²) in [7, 11) is 6.00. The van der Waals surface area contributed by atoms with Crippen molar-refractivity contribution < 1.29 is 0 Å². The molecule has 0 radical (unpaired) electrons. The van der Waals surface area contributed by atoms with Crippen LogP contribution in [0.5, 0.6) is 0 Å². The van der Waals surface area contributed by atoms with Crippen molar-refractivity contribution in [1.29, 1.82) is 0 Å². The van der Waals surface area contributed by atoms with Crippen LogP contribution < -0.4 is 16.0 Å². The molecule has 0 saturated carbocycles. The van der Waals surface area contributed by atoms with Crippen molar-refractivity contribution in [3.8, 4) is 0 Å². The Bertz CT molecular complexity index is 194. The molecule has 0 fully saturated rings. The van der Waals surface area contributed by atoms with Gasteiger partial charge in [0.2, 0.25) is 0 Å². The Morgan fingerprint density at radius 2 is 2.00 bits per heavy atom. The fraction of sp³-hybridized carbons (Fsp3) is 0.800. The minimum absolute atomic E-state index is 0.0382. The minimum Gasteiger partial charge on any atom is -0.389 e. The molecule has 0 bridgehead atoms. The number of nitrogens with one attached hydrogen (secondary N) is 3. The van der Waals surface area contributed by atoms with Gasteiger partial charge in [-0.25, -0.2) is 0 Å². The maximum atomic E-state index is 3.39. The summed E-state index contributed by atoms with van der Waals surface area (Å²) in [4.78, 5) is 0. The molecular weight excluding hydrogens is 162 g/mol. The molecule has 0 spiro atoms. The fourth-order valence-corrected chi connectivity index (χ4v) is 2.39. The summed E-state index contributed by atoms with van der Waals surface area (Å²) in [5.41, 5.74) is 1.23. The second kappa shape index (κ2) is 4.11. The fourth-order valence-electron chi connectivity index (χ4n) is 2.39. The summed E-state index contributed by atoms with van der Waals surface area (Å²) in [6, 6.07) is 0. The quantitative estimate of drug-likeness (QED) is 0.560. The Morgan fingerprint density at radius 3 is 2.38 bits per heavy atom. The Hall–Kier alpha value is -0.540. The highest BCUT2D eigenvalue weighted by Gasteiger charge is 2.41. The lowest BCUT2D eigenvalue weighted by atomic mass is 9.91. The Balaban J connectivity index is 2.89. The third-order valence-electron chi connectivity index (χ3n) is 3.19. The zero-order valence-electron chi connectivity index (χ0n) is 9.07. The van der Waals surface area contributed by atoms with Crippen LogP contribution in [0.2, 0.25) is 0 Å². The third-order valence-corrected chi connectivity index (χ3v) is 3.19. The van der Waals surface area contributed by atoms with Gasteiger partial charge in [-0.2, -0.15) is 0 Å². The second-order valence-corrected chi connectivity index (χ2v) is 3.52. The van der Waals surface area contributed by atoms with Crippen molar-refractivity contribution in [2.45, 2.75) is 25.4 Å². The van der Waals surface area contributed by atoms with E-state index in [2.05, 4.69) is 29.0 Å². The molecule has 3 N–H and O–H groups in total. The molecule has 1 aliphatic carbocycles. The topological polar surface area (TPSA) is 36.1 Å². The zero-order valence-corrected chi connectivity index (χ0v) is 9.07. The average molecular weight is 183 g/mol. The van der Waals surface area contributed by atoms with Gasteiger partial charge in [0.05, 0.1) is 0 Å². The minimum atomic E-state index is -0.0382. The molecule has 0 amide bonds. The van der Waals surface area contributed by atoms with Gasteiger partial charge in [0.25, 0.3) is 0 Å². The van der Waals surface area contributed by atoms with Gasteiger partial charge in [0.1, 0.15) is 5.66 Å². The average Bonchev–Trinajstić information content (AvgIpc) is 2.55. The van der Waals surface area contributed by atoms with E-state index in [0.717, 1.165) is 6.42 Å². The third kappa shape index (κ3) is 1.46. The number of likely N-dealkylation sites (N-methyl/N-ethyl adjacent to an activating group) is 3. The molecule has 0 saturated heterocycles. The monoisotopic (exact) mass is 183 g/mol. The van der Waals surface area contributed by atoms with E-state index in [9.17, 15) is 0 Å². The lowest BCUT2D eigenvalue weighted by Gasteiger charge is -2.37. The van der Waals surface area contributed by atoms with E-state index in [0.29, 0.717) is 5.92 Å². The molecule has 3 heteroatoms. The van der Waals surface area contributed by atoms with Crippen molar-refractivity contribution in [2.24, 2.45) is 5.92 Å². The molecule has 3 nitrogen and oxygen atoms in total. The van der Waals surface area contributed by atoms with Crippen LogP contribution in [0, 0.1) is 5.92 Å². The molecule has 1 unspecified atom stereocenters. The smallest absolute Gasteiger partial charge is 0.112 e. The van der Waals surface area contributed by atoms with Gasteiger partial charge >= 0.3 is 0 Å². The predicted molar refractivity (Wildman–Crippen MR) is 56.4 cm³/mol. The van der Waals surface area contributed by atoms with Crippen molar-refractivity contribution in [3.05, 3.63) is 11.8 Å². The molecule has 13 heavy (non-hydrogen) atoms. The van der Waals surface area contributed by atoms with E-state index in [-0.39, 0.29) is 5.66 Å². The van der Waals surface area contributed by atoms with Gasteiger partial charge in [0.15, 0.2) is 0 Å². The van der Waals surface area contributed by atoms with Crippen LogP contribution in [0.1, 0.15) is 19.8 Å². The zero-order chi connectivity index (χ0) is 9.90. The molecular formula is C10H21N3. The molecule has 1 aliphatic rings. The van der Waals surface area contributed by atoms with Crippen molar-refractivity contribution in [1.82, 2.24) is 16.0 Å². The normalized spacial score (nSPS) is 25.8. The van der Waals surface area contributed by atoms with Crippen LogP contribution in [-0.4, -0.2) is 26.8 Å². The van der Waals surface area contributed by atoms with E-state index in [1.54, 1.807) is 0 Å². The van der Waals surface area contributed by atoms with Crippen LogP contribution in [0.4, 0.5) is 0 Å². The lowest BCUT2D eigenvalue weighted by molar-refractivity contribution is 0.232. The Kier molecular flexibility index (Phi) is 3.33. The van der Waals surface area contributed by atoms with Gasteiger partial charge in [-0.3, -0.25) is 10.6 Å². The van der Waals surface area contributed by atoms with Gasteiger partial charge < -0.3 is 5.32 Å². The first-order valence-electron chi connectivity index (χ1n) is 5.01. The number of hydrogen-bond acceptors (Lipinski definition) is 3. The summed E-state index contributed by atoms with van der Waals surface area (Å²) < 4.78 is 0.